The van der Waals surface area contributed by atoms with Crippen LogP contribution >= 0.6 is 0 Å². The van der Waals surface area contributed by atoms with Crippen LogP contribution in [0, 0.1) is 17.3 Å². The Bertz CT molecular complexity index is 183. The van der Waals surface area contributed by atoms with Gasteiger partial charge in [-0.15, -0.1) is 0 Å². The molecule has 0 bridgehead atoms. The van der Waals surface area contributed by atoms with Crippen LogP contribution in [0.1, 0.15) is 27.2 Å². The summed E-state index contributed by atoms with van der Waals surface area (Å²) in [6, 6.07) is 0. The quantitative estimate of drug-likeness (QED) is 0.616. The van der Waals surface area contributed by atoms with Gasteiger partial charge in [0, 0.05) is 6.61 Å². The van der Waals surface area contributed by atoms with Crippen molar-refractivity contribution in [2.24, 2.45) is 17.3 Å². The first-order valence-electron chi connectivity index (χ1n) is 4.77. The van der Waals surface area contributed by atoms with Crippen molar-refractivity contribution in [3.63, 3.8) is 0 Å². The Morgan fingerprint density at radius 1 is 1.21 bits per heavy atom. The number of hydrogen-bond donors (Lipinski definition) is 3. The lowest BCUT2D eigenvalue weighted by Crippen LogP contribution is -2.30. The highest BCUT2D eigenvalue weighted by atomic mass is 16.4. The summed E-state index contributed by atoms with van der Waals surface area (Å²) in [5.41, 5.74) is -0.141. The zero-order valence-electron chi connectivity index (χ0n) is 9.03. The number of aliphatic hydroxyl groups is 2. The van der Waals surface area contributed by atoms with Crippen LogP contribution in [0.3, 0.4) is 0 Å². The van der Waals surface area contributed by atoms with Crippen LogP contribution in [0.15, 0.2) is 0 Å². The molecule has 4 heteroatoms. The Morgan fingerprint density at radius 2 is 1.71 bits per heavy atom. The molecule has 0 radical (unpaired) electrons. The van der Waals surface area contributed by atoms with Crippen LogP contribution in [0.4, 0.5) is 0 Å². The van der Waals surface area contributed by atoms with Crippen molar-refractivity contribution in [1.29, 1.82) is 0 Å². The van der Waals surface area contributed by atoms with Crippen LogP contribution in [-0.2, 0) is 4.79 Å². The lowest BCUT2D eigenvalue weighted by molar-refractivity contribution is -0.144. The summed E-state index contributed by atoms with van der Waals surface area (Å²) in [6.07, 6.45) is 0.311. The van der Waals surface area contributed by atoms with E-state index in [0.717, 1.165) is 0 Å². The second-order valence-corrected chi connectivity index (χ2v) is 4.70. The zero-order chi connectivity index (χ0) is 11.4. The van der Waals surface area contributed by atoms with Crippen molar-refractivity contribution in [2.45, 2.75) is 27.2 Å². The third kappa shape index (κ3) is 4.07. The van der Waals surface area contributed by atoms with Crippen LogP contribution in [-0.4, -0.2) is 34.5 Å². The first kappa shape index (κ1) is 13.4. The molecule has 0 rings (SSSR count). The molecule has 0 aromatic heterocycles. The number of rotatable bonds is 5. The SMILES string of the molecule is CC(C)(C)C(CO)CC(CO)C(=O)O. The standard InChI is InChI=1S/C10H20O4/c1-10(2,3)8(6-12)4-7(5-11)9(13)14/h7-8,11-12H,4-6H2,1-3H3,(H,13,14). The van der Waals surface area contributed by atoms with Crippen LogP contribution in [0.2, 0.25) is 0 Å². The van der Waals surface area contributed by atoms with Gasteiger partial charge < -0.3 is 15.3 Å². The molecular formula is C10H20O4. The Kier molecular flexibility index (Phi) is 5.08. The average molecular weight is 204 g/mol. The molecule has 0 fully saturated rings. The van der Waals surface area contributed by atoms with Crippen LogP contribution in [0.5, 0.6) is 0 Å². The number of aliphatic carboxylic acids is 1. The molecule has 14 heavy (non-hydrogen) atoms. The maximum Gasteiger partial charge on any atom is 0.308 e. The van der Waals surface area contributed by atoms with E-state index in [2.05, 4.69) is 0 Å². The maximum absolute atomic E-state index is 10.7. The van der Waals surface area contributed by atoms with Gasteiger partial charge in [0.15, 0.2) is 0 Å². The Morgan fingerprint density at radius 3 is 1.93 bits per heavy atom. The molecule has 0 amide bonds. The summed E-state index contributed by atoms with van der Waals surface area (Å²) in [7, 11) is 0. The predicted octanol–water partition coefficient (Wildman–Crippen LogP) is 0.724. The minimum atomic E-state index is -1.00. The second-order valence-electron chi connectivity index (χ2n) is 4.70. The number of carboxylic acid groups (broad SMARTS) is 1. The number of carbonyl (C=O) groups is 1. The number of carboxylic acids is 1. The van der Waals surface area contributed by atoms with E-state index >= 15 is 0 Å². The third-order valence-corrected chi connectivity index (χ3v) is 2.58. The highest BCUT2D eigenvalue weighted by molar-refractivity contribution is 5.70. The fourth-order valence-electron chi connectivity index (χ4n) is 1.30. The van der Waals surface area contributed by atoms with Crippen molar-refractivity contribution in [3.8, 4) is 0 Å². The molecule has 84 valence electrons. The van der Waals surface area contributed by atoms with Gasteiger partial charge in [0.2, 0.25) is 0 Å². The molecule has 0 aromatic rings. The van der Waals surface area contributed by atoms with Gasteiger partial charge >= 0.3 is 5.97 Å². The van der Waals surface area contributed by atoms with E-state index in [9.17, 15) is 4.79 Å². The highest BCUT2D eigenvalue weighted by Gasteiger charge is 2.29. The summed E-state index contributed by atoms with van der Waals surface area (Å²) < 4.78 is 0. The first-order valence-corrected chi connectivity index (χ1v) is 4.77. The van der Waals surface area contributed by atoms with E-state index in [4.69, 9.17) is 15.3 Å². The van der Waals surface area contributed by atoms with E-state index in [-0.39, 0.29) is 24.5 Å². The van der Waals surface area contributed by atoms with Gasteiger partial charge in [-0.3, -0.25) is 4.79 Å². The number of aliphatic hydroxyl groups excluding tert-OH is 2. The van der Waals surface area contributed by atoms with Gasteiger partial charge in [0.1, 0.15) is 0 Å². The summed E-state index contributed by atoms with van der Waals surface area (Å²) >= 11 is 0. The molecule has 0 aliphatic rings. The van der Waals surface area contributed by atoms with Gasteiger partial charge in [-0.25, -0.2) is 0 Å². The van der Waals surface area contributed by atoms with Crippen molar-refractivity contribution < 1.29 is 20.1 Å². The van der Waals surface area contributed by atoms with Crippen molar-refractivity contribution in [1.82, 2.24) is 0 Å². The Balaban J connectivity index is 4.37. The van der Waals surface area contributed by atoms with E-state index in [1.54, 1.807) is 0 Å². The van der Waals surface area contributed by atoms with Crippen LogP contribution in [0.25, 0.3) is 0 Å². The van der Waals surface area contributed by atoms with E-state index < -0.39 is 11.9 Å². The van der Waals surface area contributed by atoms with Gasteiger partial charge in [-0.1, -0.05) is 20.8 Å². The summed E-state index contributed by atoms with van der Waals surface area (Å²) in [4.78, 5) is 10.7. The largest absolute Gasteiger partial charge is 0.481 e. The van der Waals surface area contributed by atoms with Gasteiger partial charge in [0.25, 0.3) is 0 Å². The van der Waals surface area contributed by atoms with E-state index in [0.29, 0.717) is 6.42 Å². The fourth-order valence-corrected chi connectivity index (χ4v) is 1.30. The molecule has 0 aliphatic heterocycles. The minimum absolute atomic E-state index is 0.0483. The Labute approximate surface area is 84.6 Å². The fraction of sp³-hybridized carbons (Fsp3) is 0.900. The molecule has 2 atom stereocenters. The molecule has 0 aromatic carbocycles. The predicted molar refractivity (Wildman–Crippen MR) is 52.9 cm³/mol. The monoisotopic (exact) mass is 204 g/mol. The summed E-state index contributed by atoms with van der Waals surface area (Å²) in [5, 5.41) is 26.7. The van der Waals surface area contributed by atoms with E-state index in [1.807, 2.05) is 20.8 Å². The smallest absolute Gasteiger partial charge is 0.308 e. The van der Waals surface area contributed by atoms with Crippen molar-refractivity contribution in [2.75, 3.05) is 13.2 Å². The maximum atomic E-state index is 10.7. The molecule has 4 nitrogen and oxygen atoms in total. The minimum Gasteiger partial charge on any atom is -0.481 e. The van der Waals surface area contributed by atoms with Gasteiger partial charge in [-0.05, 0) is 17.8 Å². The summed E-state index contributed by atoms with van der Waals surface area (Å²) in [5.74, 6) is -1.88. The average Bonchev–Trinajstić information content (AvgIpc) is 2.03. The molecule has 0 saturated heterocycles. The third-order valence-electron chi connectivity index (χ3n) is 2.58. The normalized spacial score (nSPS) is 16.4. The van der Waals surface area contributed by atoms with E-state index in [1.165, 1.54) is 0 Å². The molecule has 3 N–H and O–H groups in total. The number of hydrogen-bond acceptors (Lipinski definition) is 3. The lowest BCUT2D eigenvalue weighted by Gasteiger charge is -2.30. The van der Waals surface area contributed by atoms with Crippen molar-refractivity contribution >= 4 is 5.97 Å². The Hall–Kier alpha value is -0.610. The highest BCUT2D eigenvalue weighted by Crippen LogP contribution is 2.30. The first-order chi connectivity index (χ1) is 6.32. The molecule has 2 unspecified atom stereocenters. The zero-order valence-corrected chi connectivity index (χ0v) is 9.03. The van der Waals surface area contributed by atoms with Crippen LogP contribution < -0.4 is 0 Å². The second kappa shape index (κ2) is 5.32. The molecule has 0 aliphatic carbocycles. The van der Waals surface area contributed by atoms with Gasteiger partial charge in [-0.2, -0.15) is 0 Å². The summed E-state index contributed by atoms with van der Waals surface area (Å²) in [6.45, 7) is 5.42. The van der Waals surface area contributed by atoms with Gasteiger partial charge in [0.05, 0.1) is 12.5 Å². The van der Waals surface area contributed by atoms with Crippen molar-refractivity contribution in [3.05, 3.63) is 0 Å². The topological polar surface area (TPSA) is 77.8 Å². The molecule has 0 heterocycles. The molecular weight excluding hydrogens is 184 g/mol. The lowest BCUT2D eigenvalue weighted by atomic mass is 9.76. The molecule has 0 spiro atoms. The molecule has 0 saturated carbocycles.